The predicted octanol–water partition coefficient (Wildman–Crippen LogP) is 11.9. The van der Waals surface area contributed by atoms with Crippen LogP contribution in [0.25, 0.3) is 45.1 Å². The van der Waals surface area contributed by atoms with Crippen LogP contribution in [0.3, 0.4) is 0 Å². The van der Waals surface area contributed by atoms with Crippen molar-refractivity contribution in [1.29, 1.82) is 0 Å². The molecule has 4 heterocycles. The van der Waals surface area contributed by atoms with E-state index < -0.39 is 0 Å². The summed E-state index contributed by atoms with van der Waals surface area (Å²) in [4.78, 5) is 12.1. The number of anilines is 2. The molecule has 0 atom stereocenters. The number of aromatic nitrogens is 8. The lowest BCUT2D eigenvalue weighted by Crippen LogP contribution is -2.03. The molecule has 3 aromatic carbocycles. The number of nitrogen functional groups attached to an aromatic ring is 2. The highest BCUT2D eigenvalue weighted by molar-refractivity contribution is 6.30. The Morgan fingerprint density at radius 2 is 1.22 bits per heavy atom. The molecule has 0 fully saturated rings. The van der Waals surface area contributed by atoms with E-state index in [0.717, 1.165) is 33.2 Å². The highest BCUT2D eigenvalue weighted by Gasteiger charge is 2.19. The van der Waals surface area contributed by atoms with Crippen molar-refractivity contribution in [3.05, 3.63) is 82.9 Å². The average Bonchev–Trinajstić information content (AvgIpc) is 3.72. The van der Waals surface area contributed by atoms with Crippen LogP contribution in [-0.2, 0) is 6.54 Å². The summed E-state index contributed by atoms with van der Waals surface area (Å²) in [5, 5.41) is 15.4. The van der Waals surface area contributed by atoms with Crippen molar-refractivity contribution in [3.63, 3.8) is 0 Å². The smallest absolute Gasteiger partial charge is 0.199 e. The number of aryl methyl sites for hydroxylation is 1. The molecule has 0 radical (unpaired) electrons. The van der Waals surface area contributed by atoms with Crippen molar-refractivity contribution in [2.24, 2.45) is 0 Å². The first-order valence-electron chi connectivity index (χ1n) is 11.8. The van der Waals surface area contributed by atoms with Gasteiger partial charge in [0.2, 0.25) is 0 Å². The van der Waals surface area contributed by atoms with Gasteiger partial charge in [0.05, 0.1) is 22.1 Å². The van der Waals surface area contributed by atoms with Crippen LogP contribution in [0, 0.1) is 6.92 Å². The Morgan fingerprint density at radius 1 is 0.660 bits per heavy atom. The van der Waals surface area contributed by atoms with Gasteiger partial charge in [0.15, 0.2) is 34.7 Å². The van der Waals surface area contributed by atoms with E-state index in [4.69, 9.17) is 27.7 Å². The number of halogens is 1. The Balaban J connectivity index is -0.000000164. The third-order valence-corrected chi connectivity index (χ3v) is 6.26. The molecule has 7 aromatic rings. The lowest BCUT2D eigenvalue weighted by molar-refractivity contribution is 0.310. The minimum Gasteiger partial charge on any atom is -0.379 e. The summed E-state index contributed by atoms with van der Waals surface area (Å²) in [6.07, 6.45) is 0. The molecule has 0 bridgehead atoms. The molecule has 0 aliphatic carbocycles. The number of nitrogens with two attached hydrogens (primary N) is 2. The molecular formula is C37H65ClN10O2. The highest BCUT2D eigenvalue weighted by atomic mass is 35.5. The summed E-state index contributed by atoms with van der Waals surface area (Å²) in [7, 11) is 0. The summed E-state index contributed by atoms with van der Waals surface area (Å²) in [5.74, 6) is 1.65. The second kappa shape index (κ2) is 24.0. The van der Waals surface area contributed by atoms with E-state index in [-0.39, 0.29) is 93.3 Å². The Kier molecular flexibility index (Phi) is 27.4. The fraction of sp³-hybridized carbons (Fsp3) is 0.351. The Morgan fingerprint density at radius 3 is 1.78 bits per heavy atom. The molecule has 4 aromatic heterocycles. The van der Waals surface area contributed by atoms with Gasteiger partial charge in [-0.1, -0.05) is 124 Å². The van der Waals surface area contributed by atoms with E-state index in [1.54, 1.807) is 0 Å². The zero-order valence-corrected chi connectivity index (χ0v) is 21.3. The van der Waals surface area contributed by atoms with Gasteiger partial charge < -0.3 is 21.0 Å². The largest absolute Gasteiger partial charge is 0.379 e. The number of hydrogen-bond donors (Lipinski definition) is 3. The van der Waals surface area contributed by atoms with Gasteiger partial charge in [0.25, 0.3) is 0 Å². The molecule has 0 aliphatic heterocycles. The number of fused-ring (bicyclic) bond motifs is 2. The van der Waals surface area contributed by atoms with Crippen LogP contribution in [0.2, 0.25) is 5.02 Å². The van der Waals surface area contributed by atoms with E-state index in [1.165, 1.54) is 0 Å². The Hall–Kier alpha value is -5.23. The van der Waals surface area contributed by atoms with Crippen molar-refractivity contribution >= 4 is 45.3 Å². The maximum atomic E-state index is 5.96. The molecule has 7 rings (SSSR count). The second-order valence-corrected chi connectivity index (χ2v) is 9.18. The fourth-order valence-corrected chi connectivity index (χ4v) is 4.26. The number of nitrogens with zero attached hydrogens (tertiary/aromatic N) is 7. The van der Waals surface area contributed by atoms with Crippen LogP contribution in [-0.4, -0.2) is 40.1 Å². The topological polar surface area (TPSA) is 176 Å². The van der Waals surface area contributed by atoms with E-state index in [9.17, 15) is 0 Å². The van der Waals surface area contributed by atoms with Crippen LogP contribution < -0.4 is 11.5 Å². The van der Waals surface area contributed by atoms with Gasteiger partial charge in [-0.15, -0.1) is 0 Å². The SMILES string of the molecule is C.C.C.C.C.C.C.C.C.C.C.Cc1ccc2nc(-c3nonc3N)[nH]c2c1.Nc1nonc1-c1nc2ccccc2n1Cc1ccc(Cl)cc1. The maximum Gasteiger partial charge on any atom is 0.199 e. The standard InChI is InChI=1S/C16H12ClN5O.C10H9N5O.11CH4/c17-11-7-5-10(6-8-11)9-22-13-4-2-1-3-12(13)19-16(22)14-15(18)21-23-20-14;1-5-2-3-6-7(4-5)13-10(12-6)8-9(11)15-16-14-8;;;;;;;;;;;/h1-8H,9H2,(H2,18,21);2-4H,1H3,(H2,11,15)(H,12,13);11*1H4. The minimum absolute atomic E-state index is 0. The van der Waals surface area contributed by atoms with E-state index in [2.05, 4.69) is 40.2 Å². The third kappa shape index (κ3) is 11.4. The molecule has 0 saturated heterocycles. The molecule has 0 amide bonds. The lowest BCUT2D eigenvalue weighted by Gasteiger charge is -2.08. The number of benzene rings is 3. The third-order valence-electron chi connectivity index (χ3n) is 6.01. The zero-order valence-electron chi connectivity index (χ0n) is 20.5. The van der Waals surface area contributed by atoms with Gasteiger partial charge in [-0.2, -0.15) is 0 Å². The summed E-state index contributed by atoms with van der Waals surface area (Å²) in [6, 6.07) is 21.5. The first-order valence-corrected chi connectivity index (χ1v) is 12.2. The average molecular weight is 717 g/mol. The van der Waals surface area contributed by atoms with Crippen LogP contribution in [0.1, 0.15) is 92.8 Å². The lowest BCUT2D eigenvalue weighted by atomic mass is 10.2. The second-order valence-electron chi connectivity index (χ2n) is 8.74. The minimum atomic E-state index is 0. The molecule has 0 saturated carbocycles. The summed E-state index contributed by atoms with van der Waals surface area (Å²) in [6.45, 7) is 2.63. The first kappa shape index (κ1) is 57.1. The molecule has 0 aliphatic rings. The normalized spacial score (nSPS) is 8.68. The van der Waals surface area contributed by atoms with Crippen molar-refractivity contribution in [3.8, 4) is 23.0 Å². The van der Waals surface area contributed by atoms with Crippen LogP contribution >= 0.6 is 11.6 Å². The highest BCUT2D eigenvalue weighted by Crippen LogP contribution is 2.28. The molecule has 0 spiro atoms. The van der Waals surface area contributed by atoms with E-state index >= 15 is 0 Å². The predicted molar refractivity (Wildman–Crippen MR) is 221 cm³/mol. The summed E-state index contributed by atoms with van der Waals surface area (Å²) in [5.41, 5.74) is 18.2. The van der Waals surface area contributed by atoms with Gasteiger partial charge in [0, 0.05) is 11.6 Å². The number of imidazole rings is 2. The number of H-pyrrole nitrogens is 1. The molecule has 0 unspecified atom stereocenters. The van der Waals surface area contributed by atoms with E-state index in [1.807, 2.05) is 78.2 Å². The number of rotatable bonds is 4. The van der Waals surface area contributed by atoms with Crippen LogP contribution in [0.15, 0.2) is 76.0 Å². The van der Waals surface area contributed by atoms with Gasteiger partial charge in [0.1, 0.15) is 0 Å². The van der Waals surface area contributed by atoms with Crippen molar-refractivity contribution in [2.45, 2.75) is 95.2 Å². The summed E-state index contributed by atoms with van der Waals surface area (Å²) >= 11 is 5.96. The van der Waals surface area contributed by atoms with Gasteiger partial charge in [-0.3, -0.25) is 0 Å². The van der Waals surface area contributed by atoms with Crippen molar-refractivity contribution < 1.29 is 9.26 Å². The van der Waals surface area contributed by atoms with Gasteiger partial charge in [-0.25, -0.2) is 19.2 Å². The molecule has 5 N–H and O–H groups in total. The quantitative estimate of drug-likeness (QED) is 0.159. The Labute approximate surface area is 306 Å². The first-order chi connectivity index (χ1) is 19.0. The number of hydrogen-bond acceptors (Lipinski definition) is 10. The number of nitrogens with one attached hydrogen (secondary N) is 1. The van der Waals surface area contributed by atoms with Crippen molar-refractivity contribution in [2.75, 3.05) is 11.5 Å². The number of aromatic amines is 1. The van der Waals surface area contributed by atoms with Crippen molar-refractivity contribution in [1.82, 2.24) is 40.1 Å². The molecular weight excluding hydrogens is 652 g/mol. The molecule has 13 heteroatoms. The Bertz CT molecular complexity index is 1910. The van der Waals surface area contributed by atoms with Crippen LogP contribution in [0.5, 0.6) is 0 Å². The molecule has 282 valence electrons. The van der Waals surface area contributed by atoms with Crippen LogP contribution in [0.4, 0.5) is 11.6 Å². The van der Waals surface area contributed by atoms with Gasteiger partial charge >= 0.3 is 0 Å². The molecule has 12 nitrogen and oxygen atoms in total. The zero-order chi connectivity index (χ0) is 26.9. The van der Waals surface area contributed by atoms with Gasteiger partial charge in [-0.05, 0) is 75.1 Å². The number of para-hydroxylation sites is 2. The maximum absolute atomic E-state index is 5.96. The summed E-state index contributed by atoms with van der Waals surface area (Å²) < 4.78 is 11.3. The monoisotopic (exact) mass is 716 g/mol. The fourth-order valence-electron chi connectivity index (χ4n) is 4.13. The molecule has 50 heavy (non-hydrogen) atoms. The van der Waals surface area contributed by atoms with E-state index in [0.29, 0.717) is 34.6 Å².